The van der Waals surface area contributed by atoms with E-state index in [1.807, 2.05) is 7.05 Å². The largest absolute Gasteiger partial charge is 0.480 e. The maximum atomic E-state index is 11.3. The van der Waals surface area contributed by atoms with Gasteiger partial charge in [0.1, 0.15) is 6.04 Å². The highest BCUT2D eigenvalue weighted by molar-refractivity contribution is 5.85. The van der Waals surface area contributed by atoms with Gasteiger partial charge in [0.05, 0.1) is 0 Å². The molecule has 0 aromatic heterocycles. The quantitative estimate of drug-likeness (QED) is 0.767. The molecular weight excluding hydrogens is 226 g/mol. The van der Waals surface area contributed by atoms with E-state index >= 15 is 0 Å². The molecule has 4 heteroatoms. The highest BCUT2D eigenvalue weighted by atomic mass is 35.5. The molecule has 2 bridgehead atoms. The smallest absolute Gasteiger partial charge is 0.321 e. The van der Waals surface area contributed by atoms with E-state index in [2.05, 4.69) is 4.90 Å². The molecule has 3 aliphatic carbocycles. The summed E-state index contributed by atoms with van der Waals surface area (Å²) in [6, 6.07) is -0.192. The van der Waals surface area contributed by atoms with E-state index in [0.717, 1.165) is 12.5 Å². The molecule has 4 fully saturated rings. The molecule has 3 atom stereocenters. The van der Waals surface area contributed by atoms with E-state index in [0.29, 0.717) is 17.8 Å². The maximum Gasteiger partial charge on any atom is 0.321 e. The van der Waals surface area contributed by atoms with Gasteiger partial charge in [0, 0.05) is 6.54 Å². The minimum absolute atomic E-state index is 0. The lowest BCUT2D eigenvalue weighted by Gasteiger charge is -2.46. The van der Waals surface area contributed by atoms with Gasteiger partial charge in [-0.2, -0.15) is 0 Å². The van der Waals surface area contributed by atoms with Crippen LogP contribution < -0.4 is 0 Å². The zero-order valence-corrected chi connectivity index (χ0v) is 10.4. The number of fused-ring (bicyclic) bond motifs is 2. The molecule has 3 saturated carbocycles. The minimum atomic E-state index is -0.599. The third-order valence-electron chi connectivity index (χ3n) is 5.05. The average molecular weight is 246 g/mol. The molecule has 0 spiro atoms. The van der Waals surface area contributed by atoms with Crippen molar-refractivity contribution in [2.45, 2.75) is 31.7 Å². The van der Waals surface area contributed by atoms with E-state index in [9.17, 15) is 9.90 Å². The summed E-state index contributed by atoms with van der Waals surface area (Å²) in [6.07, 6.45) is 5.27. The van der Waals surface area contributed by atoms with Crippen LogP contribution in [0.4, 0.5) is 0 Å². The zero-order valence-electron chi connectivity index (χ0n) is 9.63. The number of nitrogens with zero attached hydrogens (tertiary/aromatic N) is 1. The van der Waals surface area contributed by atoms with Gasteiger partial charge >= 0.3 is 5.97 Å². The summed E-state index contributed by atoms with van der Waals surface area (Å²) in [5.74, 6) is 2.07. The molecule has 4 rings (SSSR count). The van der Waals surface area contributed by atoms with Crippen LogP contribution in [-0.4, -0.2) is 35.6 Å². The van der Waals surface area contributed by atoms with Gasteiger partial charge in [0.2, 0.25) is 0 Å². The van der Waals surface area contributed by atoms with Gasteiger partial charge in [-0.25, -0.2) is 0 Å². The number of carboxylic acid groups (broad SMARTS) is 1. The van der Waals surface area contributed by atoms with Crippen LogP contribution in [-0.2, 0) is 4.79 Å². The monoisotopic (exact) mass is 245 g/mol. The van der Waals surface area contributed by atoms with E-state index in [4.69, 9.17) is 0 Å². The lowest BCUT2D eigenvalue weighted by molar-refractivity contribution is -0.144. The van der Waals surface area contributed by atoms with Crippen LogP contribution in [0, 0.1) is 23.7 Å². The lowest BCUT2D eigenvalue weighted by Crippen LogP contribution is -2.45. The molecule has 1 aliphatic heterocycles. The number of aliphatic carboxylic acids is 1. The molecule has 92 valence electrons. The van der Waals surface area contributed by atoms with E-state index in [1.165, 1.54) is 25.7 Å². The topological polar surface area (TPSA) is 40.5 Å². The van der Waals surface area contributed by atoms with Gasteiger partial charge in [0.25, 0.3) is 0 Å². The fourth-order valence-electron chi connectivity index (χ4n) is 4.48. The number of hydrogen-bond acceptors (Lipinski definition) is 2. The number of carboxylic acids is 1. The molecule has 1 saturated heterocycles. The average Bonchev–Trinajstić information content (AvgIpc) is 2.58. The first-order valence-corrected chi connectivity index (χ1v) is 6.11. The van der Waals surface area contributed by atoms with Gasteiger partial charge in [-0.1, -0.05) is 0 Å². The third kappa shape index (κ3) is 1.56. The Bertz CT molecular complexity index is 289. The normalized spacial score (nSPS) is 46.2. The molecule has 1 heterocycles. The molecule has 4 aliphatic rings. The molecule has 3 nitrogen and oxygen atoms in total. The number of likely N-dealkylation sites (tertiary alicyclic amines) is 1. The van der Waals surface area contributed by atoms with Crippen molar-refractivity contribution in [3.8, 4) is 0 Å². The second kappa shape index (κ2) is 4.19. The van der Waals surface area contributed by atoms with Crippen LogP contribution in [0.5, 0.6) is 0 Å². The van der Waals surface area contributed by atoms with Crippen LogP contribution in [0.2, 0.25) is 0 Å². The number of hydrogen-bond donors (Lipinski definition) is 1. The predicted molar refractivity (Wildman–Crippen MR) is 63.7 cm³/mol. The number of likely N-dealkylation sites (N-methyl/N-ethyl adjacent to an activating group) is 1. The zero-order chi connectivity index (χ0) is 10.6. The third-order valence-corrected chi connectivity index (χ3v) is 5.05. The molecular formula is C12H20ClNO2. The number of rotatable bonds is 1. The van der Waals surface area contributed by atoms with Gasteiger partial charge in [-0.15, -0.1) is 12.4 Å². The Morgan fingerprint density at radius 1 is 1.19 bits per heavy atom. The summed E-state index contributed by atoms with van der Waals surface area (Å²) >= 11 is 0. The summed E-state index contributed by atoms with van der Waals surface area (Å²) in [6.45, 7) is 1.02. The Morgan fingerprint density at radius 3 is 2.31 bits per heavy atom. The van der Waals surface area contributed by atoms with E-state index in [1.54, 1.807) is 0 Å². The SMILES string of the molecule is CN1C[C@H]2C3CCC(CC3)[C@H]2[C@@H]1C(=O)O.Cl. The van der Waals surface area contributed by atoms with Crippen LogP contribution in [0.1, 0.15) is 25.7 Å². The molecule has 1 N–H and O–H groups in total. The second-order valence-electron chi connectivity index (χ2n) is 5.64. The summed E-state index contributed by atoms with van der Waals surface area (Å²) in [5, 5.41) is 9.31. The Kier molecular flexibility index (Phi) is 3.19. The second-order valence-corrected chi connectivity index (χ2v) is 5.64. The molecule has 0 radical (unpaired) electrons. The van der Waals surface area contributed by atoms with Crippen molar-refractivity contribution in [2.24, 2.45) is 23.7 Å². The molecule has 16 heavy (non-hydrogen) atoms. The molecule has 0 amide bonds. The van der Waals surface area contributed by atoms with Crippen molar-refractivity contribution >= 4 is 18.4 Å². The van der Waals surface area contributed by atoms with Gasteiger partial charge in [-0.05, 0) is 56.4 Å². The van der Waals surface area contributed by atoms with Crippen LogP contribution in [0.25, 0.3) is 0 Å². The summed E-state index contributed by atoms with van der Waals surface area (Å²) in [7, 11) is 1.98. The Labute approximate surface area is 103 Å². The fraction of sp³-hybridized carbons (Fsp3) is 0.917. The predicted octanol–water partition coefficient (Wildman–Crippen LogP) is 1.86. The van der Waals surface area contributed by atoms with E-state index in [-0.39, 0.29) is 18.4 Å². The van der Waals surface area contributed by atoms with Crippen LogP contribution in [0.3, 0.4) is 0 Å². The first-order valence-electron chi connectivity index (χ1n) is 6.11. The van der Waals surface area contributed by atoms with Gasteiger partial charge in [0.15, 0.2) is 0 Å². The molecule has 0 unspecified atom stereocenters. The maximum absolute atomic E-state index is 11.3. The van der Waals surface area contributed by atoms with Crippen molar-refractivity contribution in [1.29, 1.82) is 0 Å². The fourth-order valence-corrected chi connectivity index (χ4v) is 4.48. The van der Waals surface area contributed by atoms with Crippen molar-refractivity contribution in [3.63, 3.8) is 0 Å². The first kappa shape index (κ1) is 12.2. The summed E-state index contributed by atoms with van der Waals surface area (Å²) in [4.78, 5) is 13.4. The Morgan fingerprint density at radius 2 is 1.75 bits per heavy atom. The Hall–Kier alpha value is -0.280. The van der Waals surface area contributed by atoms with E-state index < -0.39 is 5.97 Å². The first-order chi connectivity index (χ1) is 7.18. The number of halogens is 1. The van der Waals surface area contributed by atoms with Crippen molar-refractivity contribution in [3.05, 3.63) is 0 Å². The Balaban J connectivity index is 0.000000963. The highest BCUT2D eigenvalue weighted by Gasteiger charge is 2.54. The molecule has 0 aromatic carbocycles. The summed E-state index contributed by atoms with van der Waals surface area (Å²) < 4.78 is 0. The van der Waals surface area contributed by atoms with Crippen LogP contribution in [0.15, 0.2) is 0 Å². The molecule has 0 aromatic rings. The lowest BCUT2D eigenvalue weighted by atomic mass is 9.58. The highest BCUT2D eigenvalue weighted by Crippen LogP contribution is 2.53. The minimum Gasteiger partial charge on any atom is -0.480 e. The van der Waals surface area contributed by atoms with Crippen molar-refractivity contribution in [2.75, 3.05) is 13.6 Å². The van der Waals surface area contributed by atoms with Crippen molar-refractivity contribution in [1.82, 2.24) is 4.90 Å². The summed E-state index contributed by atoms with van der Waals surface area (Å²) in [5.41, 5.74) is 0. The number of carbonyl (C=O) groups is 1. The van der Waals surface area contributed by atoms with Crippen LogP contribution >= 0.6 is 12.4 Å². The van der Waals surface area contributed by atoms with Gasteiger partial charge < -0.3 is 5.11 Å². The standard InChI is InChI=1S/C12H19NO2.ClH/c1-13-6-9-7-2-4-8(5-3-7)10(9)11(13)12(14)15;/h7-11H,2-6H2,1H3,(H,14,15);1H/t7?,8?,9-,10+,11+;/m0./s1. The van der Waals surface area contributed by atoms with Crippen molar-refractivity contribution < 1.29 is 9.90 Å². The van der Waals surface area contributed by atoms with Gasteiger partial charge in [-0.3, -0.25) is 9.69 Å².